The third kappa shape index (κ3) is 5.22. The minimum absolute atomic E-state index is 0.611. The quantitative estimate of drug-likeness (QED) is 0.732. The summed E-state index contributed by atoms with van der Waals surface area (Å²) in [5.74, 6) is 0.611. The van der Waals surface area contributed by atoms with E-state index in [1.807, 2.05) is 12.1 Å². The third-order valence-corrected chi connectivity index (χ3v) is 3.34. The zero-order valence-electron chi connectivity index (χ0n) is 11.4. The molecule has 2 N–H and O–H groups in total. The number of nitrogens with two attached hydrogens (primary N) is 1. The van der Waals surface area contributed by atoms with Crippen LogP contribution in [0.2, 0.25) is 0 Å². The summed E-state index contributed by atoms with van der Waals surface area (Å²) >= 11 is 0. The number of hydrogen-bond acceptors (Lipinski definition) is 2. The molecule has 1 aromatic rings. The molecule has 1 unspecified atom stereocenters. The normalized spacial score (nSPS) is 12.9. The lowest BCUT2D eigenvalue weighted by Gasteiger charge is -2.19. The Morgan fingerprint density at radius 3 is 2.41 bits per heavy atom. The first-order valence-corrected chi connectivity index (χ1v) is 6.67. The van der Waals surface area contributed by atoms with E-state index in [1.165, 1.54) is 37.9 Å². The van der Waals surface area contributed by atoms with Gasteiger partial charge in [0.25, 0.3) is 0 Å². The molecule has 96 valence electrons. The van der Waals surface area contributed by atoms with Crippen LogP contribution in [0.1, 0.15) is 44.6 Å². The smallest absolute Gasteiger partial charge is 0.0314 e. The van der Waals surface area contributed by atoms with E-state index in [0.717, 1.165) is 5.69 Å². The zero-order valence-corrected chi connectivity index (χ0v) is 11.4. The van der Waals surface area contributed by atoms with Crippen molar-refractivity contribution in [3.63, 3.8) is 0 Å². The molecule has 0 aliphatic rings. The molecule has 1 aromatic carbocycles. The Balaban J connectivity index is 2.34. The van der Waals surface area contributed by atoms with Crippen LogP contribution in [-0.4, -0.2) is 25.0 Å². The maximum atomic E-state index is 5.70. The van der Waals surface area contributed by atoms with E-state index in [1.54, 1.807) is 0 Å². The van der Waals surface area contributed by atoms with Crippen molar-refractivity contribution in [2.45, 2.75) is 39.0 Å². The van der Waals surface area contributed by atoms with Crippen molar-refractivity contribution in [1.29, 1.82) is 0 Å². The van der Waals surface area contributed by atoms with E-state index in [9.17, 15) is 0 Å². The molecule has 1 atom stereocenters. The lowest BCUT2D eigenvalue weighted by molar-refractivity contribution is 0.315. The van der Waals surface area contributed by atoms with Gasteiger partial charge in [-0.2, -0.15) is 0 Å². The Morgan fingerprint density at radius 2 is 1.82 bits per heavy atom. The molecule has 0 fully saturated rings. The number of benzene rings is 1. The van der Waals surface area contributed by atoms with Crippen molar-refractivity contribution in [3.05, 3.63) is 29.8 Å². The van der Waals surface area contributed by atoms with Gasteiger partial charge in [0.15, 0.2) is 0 Å². The summed E-state index contributed by atoms with van der Waals surface area (Å²) in [5, 5.41) is 0. The van der Waals surface area contributed by atoms with E-state index in [2.05, 4.69) is 37.9 Å². The summed E-state index contributed by atoms with van der Waals surface area (Å²) in [4.78, 5) is 2.43. The van der Waals surface area contributed by atoms with Crippen LogP contribution >= 0.6 is 0 Å². The third-order valence-electron chi connectivity index (χ3n) is 3.34. The van der Waals surface area contributed by atoms with Crippen LogP contribution in [0, 0.1) is 0 Å². The minimum atomic E-state index is 0.611. The van der Waals surface area contributed by atoms with E-state index >= 15 is 0 Å². The first-order chi connectivity index (χ1) is 8.13. The average Bonchev–Trinajstić information content (AvgIpc) is 2.34. The Kier molecular flexibility index (Phi) is 6.06. The van der Waals surface area contributed by atoms with Crippen LogP contribution in [0.3, 0.4) is 0 Å². The Morgan fingerprint density at radius 1 is 1.18 bits per heavy atom. The zero-order chi connectivity index (χ0) is 12.7. The van der Waals surface area contributed by atoms with Crippen LogP contribution in [0.25, 0.3) is 0 Å². The van der Waals surface area contributed by atoms with Gasteiger partial charge in [-0.05, 0) is 56.6 Å². The summed E-state index contributed by atoms with van der Waals surface area (Å²) in [6.45, 7) is 6.92. The lowest BCUT2D eigenvalue weighted by atomic mass is 9.97. The molecule has 0 aliphatic carbocycles. The highest BCUT2D eigenvalue weighted by Gasteiger charge is 2.06. The summed E-state index contributed by atoms with van der Waals surface area (Å²) in [5.41, 5.74) is 7.94. The van der Waals surface area contributed by atoms with Gasteiger partial charge in [0.1, 0.15) is 0 Å². The fraction of sp³-hybridized carbons (Fsp3) is 0.600. The lowest BCUT2D eigenvalue weighted by Crippen LogP contribution is -2.22. The highest BCUT2D eigenvalue weighted by molar-refractivity contribution is 5.40. The van der Waals surface area contributed by atoms with Crippen LogP contribution in [0.5, 0.6) is 0 Å². The monoisotopic (exact) mass is 234 g/mol. The topological polar surface area (TPSA) is 29.3 Å². The predicted octanol–water partition coefficient (Wildman–Crippen LogP) is 3.49. The number of unbranched alkanes of at least 4 members (excludes halogenated alkanes) is 1. The van der Waals surface area contributed by atoms with Crippen molar-refractivity contribution in [1.82, 2.24) is 4.90 Å². The second-order valence-electron chi connectivity index (χ2n) is 5.01. The van der Waals surface area contributed by atoms with E-state index in [4.69, 9.17) is 5.73 Å². The highest BCUT2D eigenvalue weighted by atomic mass is 15.1. The van der Waals surface area contributed by atoms with Crippen LogP contribution < -0.4 is 5.73 Å². The van der Waals surface area contributed by atoms with Crippen molar-refractivity contribution in [3.8, 4) is 0 Å². The van der Waals surface area contributed by atoms with Crippen LogP contribution in [0.15, 0.2) is 24.3 Å². The SMILES string of the molecule is CCCCN(C)CCC(C)c1ccc(N)cc1. The molecule has 1 rings (SSSR count). The second-order valence-corrected chi connectivity index (χ2v) is 5.01. The van der Waals surface area contributed by atoms with E-state index < -0.39 is 0 Å². The number of nitrogens with zero attached hydrogens (tertiary/aromatic N) is 1. The Bertz CT molecular complexity index is 305. The summed E-state index contributed by atoms with van der Waals surface area (Å²) in [6.07, 6.45) is 3.79. The van der Waals surface area contributed by atoms with Gasteiger partial charge in [-0.15, -0.1) is 0 Å². The van der Waals surface area contributed by atoms with Gasteiger partial charge >= 0.3 is 0 Å². The molecular weight excluding hydrogens is 208 g/mol. The molecule has 0 spiro atoms. The van der Waals surface area contributed by atoms with Gasteiger partial charge in [0.2, 0.25) is 0 Å². The predicted molar refractivity (Wildman–Crippen MR) is 76.3 cm³/mol. The fourth-order valence-corrected chi connectivity index (χ4v) is 1.95. The minimum Gasteiger partial charge on any atom is -0.399 e. The Hall–Kier alpha value is -1.02. The van der Waals surface area contributed by atoms with E-state index in [0.29, 0.717) is 5.92 Å². The molecule has 0 heterocycles. The van der Waals surface area contributed by atoms with E-state index in [-0.39, 0.29) is 0 Å². The van der Waals surface area contributed by atoms with Gasteiger partial charge < -0.3 is 10.6 Å². The first-order valence-electron chi connectivity index (χ1n) is 6.67. The first kappa shape index (κ1) is 14.0. The van der Waals surface area contributed by atoms with Gasteiger partial charge in [0.05, 0.1) is 0 Å². The van der Waals surface area contributed by atoms with Gasteiger partial charge in [-0.3, -0.25) is 0 Å². The number of rotatable bonds is 7. The second kappa shape index (κ2) is 7.33. The average molecular weight is 234 g/mol. The van der Waals surface area contributed by atoms with Crippen LogP contribution in [0.4, 0.5) is 5.69 Å². The van der Waals surface area contributed by atoms with Gasteiger partial charge in [0, 0.05) is 5.69 Å². The van der Waals surface area contributed by atoms with Crippen molar-refractivity contribution < 1.29 is 0 Å². The van der Waals surface area contributed by atoms with Crippen molar-refractivity contribution >= 4 is 5.69 Å². The maximum absolute atomic E-state index is 5.70. The number of nitrogen functional groups attached to an aromatic ring is 1. The summed E-state index contributed by atoms with van der Waals surface area (Å²) in [7, 11) is 2.21. The molecule has 0 aromatic heterocycles. The molecule has 0 saturated carbocycles. The molecule has 0 amide bonds. The molecular formula is C15H26N2. The summed E-state index contributed by atoms with van der Waals surface area (Å²) in [6, 6.07) is 8.28. The van der Waals surface area contributed by atoms with Gasteiger partial charge in [-0.25, -0.2) is 0 Å². The highest BCUT2D eigenvalue weighted by Crippen LogP contribution is 2.20. The molecule has 0 radical (unpaired) electrons. The molecule has 0 saturated heterocycles. The molecule has 2 nitrogen and oxygen atoms in total. The largest absolute Gasteiger partial charge is 0.399 e. The Labute approximate surface area is 106 Å². The van der Waals surface area contributed by atoms with Crippen molar-refractivity contribution in [2.75, 3.05) is 25.9 Å². The van der Waals surface area contributed by atoms with Gasteiger partial charge in [-0.1, -0.05) is 32.4 Å². The molecule has 0 bridgehead atoms. The summed E-state index contributed by atoms with van der Waals surface area (Å²) < 4.78 is 0. The molecule has 0 aliphatic heterocycles. The number of anilines is 1. The molecule has 17 heavy (non-hydrogen) atoms. The van der Waals surface area contributed by atoms with Crippen molar-refractivity contribution in [2.24, 2.45) is 0 Å². The van der Waals surface area contributed by atoms with Crippen LogP contribution in [-0.2, 0) is 0 Å². The standard InChI is InChI=1S/C15H26N2/c1-4-5-11-17(3)12-10-13(2)14-6-8-15(16)9-7-14/h6-9,13H,4-5,10-12,16H2,1-3H3. The molecule has 2 heteroatoms. The fourth-order valence-electron chi connectivity index (χ4n) is 1.95. The maximum Gasteiger partial charge on any atom is 0.0314 e. The number of hydrogen-bond donors (Lipinski definition) is 1.